The highest BCUT2D eigenvalue weighted by atomic mass is 32.1. The summed E-state index contributed by atoms with van der Waals surface area (Å²) in [7, 11) is 0. The number of hydrogen-bond acceptors (Lipinski definition) is 4. The first-order valence-electron chi connectivity index (χ1n) is 8.42. The van der Waals surface area contributed by atoms with Gasteiger partial charge < -0.3 is 14.7 Å². The molecule has 3 rings (SSSR count). The van der Waals surface area contributed by atoms with E-state index < -0.39 is 0 Å². The average Bonchev–Trinajstić information content (AvgIpc) is 3.01. The molecule has 1 fully saturated rings. The molecule has 1 N–H and O–H groups in total. The Balaban J connectivity index is 1.37. The van der Waals surface area contributed by atoms with Crippen molar-refractivity contribution in [1.82, 2.24) is 20.3 Å². The molecule has 6 heteroatoms. The number of thiocarbonyl (C=S) groups is 1. The Bertz CT molecular complexity index is 650. The Morgan fingerprint density at radius 1 is 1.21 bits per heavy atom. The Kier molecular flexibility index (Phi) is 5.82. The van der Waals surface area contributed by atoms with Crippen LogP contribution in [0.4, 0.5) is 0 Å². The third kappa shape index (κ3) is 4.79. The number of benzene rings is 1. The lowest BCUT2D eigenvalue weighted by molar-refractivity contribution is 0.171. The monoisotopic (exact) mass is 344 g/mol. The van der Waals surface area contributed by atoms with E-state index in [9.17, 15) is 0 Å². The van der Waals surface area contributed by atoms with Crippen molar-refractivity contribution in [3.05, 3.63) is 53.4 Å². The molecule has 1 aliphatic rings. The molecule has 0 bridgehead atoms. The topological polar surface area (TPSA) is 44.5 Å². The van der Waals surface area contributed by atoms with Crippen molar-refractivity contribution in [1.29, 1.82) is 0 Å². The van der Waals surface area contributed by atoms with Crippen molar-refractivity contribution in [3.63, 3.8) is 0 Å². The maximum Gasteiger partial charge on any atom is 0.169 e. The first kappa shape index (κ1) is 16.9. The minimum atomic E-state index is 0.847. The number of nitrogens with zero attached hydrogens (tertiary/aromatic N) is 3. The van der Waals surface area contributed by atoms with Crippen LogP contribution < -0.4 is 5.32 Å². The number of aryl methyl sites for hydroxylation is 1. The van der Waals surface area contributed by atoms with Gasteiger partial charge in [-0.1, -0.05) is 35.5 Å². The smallest absolute Gasteiger partial charge is 0.169 e. The van der Waals surface area contributed by atoms with E-state index in [2.05, 4.69) is 44.5 Å². The van der Waals surface area contributed by atoms with E-state index in [0.717, 1.165) is 62.3 Å². The van der Waals surface area contributed by atoms with E-state index in [1.54, 1.807) is 0 Å². The molecule has 0 amide bonds. The van der Waals surface area contributed by atoms with Crippen LogP contribution in [0.2, 0.25) is 0 Å². The molecule has 0 saturated carbocycles. The second-order valence-corrected chi connectivity index (χ2v) is 6.55. The molecule has 2 heterocycles. The summed E-state index contributed by atoms with van der Waals surface area (Å²) in [5.74, 6) is 0.868. The summed E-state index contributed by atoms with van der Waals surface area (Å²) in [4.78, 5) is 4.64. The lowest BCUT2D eigenvalue weighted by Gasteiger charge is -2.35. The van der Waals surface area contributed by atoms with Gasteiger partial charge >= 0.3 is 0 Å². The molecule has 24 heavy (non-hydrogen) atoms. The van der Waals surface area contributed by atoms with Gasteiger partial charge in [-0.3, -0.25) is 4.90 Å². The number of rotatable bonds is 5. The van der Waals surface area contributed by atoms with Crippen LogP contribution >= 0.6 is 12.2 Å². The molecule has 1 aliphatic heterocycles. The second-order valence-electron chi connectivity index (χ2n) is 6.16. The fourth-order valence-corrected chi connectivity index (χ4v) is 3.19. The number of piperazine rings is 1. The summed E-state index contributed by atoms with van der Waals surface area (Å²) < 4.78 is 5.13. The molecular weight excluding hydrogens is 320 g/mol. The highest BCUT2D eigenvalue weighted by Gasteiger charge is 2.19. The van der Waals surface area contributed by atoms with Gasteiger partial charge in [0, 0.05) is 45.3 Å². The summed E-state index contributed by atoms with van der Waals surface area (Å²) >= 11 is 5.53. The van der Waals surface area contributed by atoms with Gasteiger partial charge in [0.1, 0.15) is 5.76 Å². The largest absolute Gasteiger partial charge is 0.362 e. The van der Waals surface area contributed by atoms with Crippen molar-refractivity contribution < 1.29 is 4.52 Å². The predicted octanol–water partition coefficient (Wildman–Crippen LogP) is 2.22. The highest BCUT2D eigenvalue weighted by Crippen LogP contribution is 2.09. The quantitative estimate of drug-likeness (QED) is 0.839. The minimum Gasteiger partial charge on any atom is -0.362 e. The van der Waals surface area contributed by atoms with Crippen LogP contribution in [0.15, 0.2) is 40.9 Å². The minimum absolute atomic E-state index is 0.847. The van der Waals surface area contributed by atoms with Gasteiger partial charge in [-0.2, -0.15) is 0 Å². The normalized spacial score (nSPS) is 15.5. The Labute approximate surface area is 148 Å². The second kappa shape index (κ2) is 8.26. The zero-order valence-corrected chi connectivity index (χ0v) is 14.9. The maximum atomic E-state index is 5.53. The Hall–Kier alpha value is -1.92. The van der Waals surface area contributed by atoms with Gasteiger partial charge in [0.2, 0.25) is 0 Å². The zero-order chi connectivity index (χ0) is 16.8. The lowest BCUT2D eigenvalue weighted by Crippen LogP contribution is -2.51. The first-order valence-corrected chi connectivity index (χ1v) is 8.83. The van der Waals surface area contributed by atoms with E-state index in [4.69, 9.17) is 16.7 Å². The zero-order valence-electron chi connectivity index (χ0n) is 14.1. The van der Waals surface area contributed by atoms with Crippen molar-refractivity contribution in [3.8, 4) is 0 Å². The predicted molar refractivity (Wildman–Crippen MR) is 98.8 cm³/mol. The van der Waals surface area contributed by atoms with E-state index in [1.807, 2.05) is 19.1 Å². The molecule has 1 aromatic heterocycles. The molecular formula is C18H24N4OS. The van der Waals surface area contributed by atoms with Gasteiger partial charge in [-0.15, -0.1) is 0 Å². The molecule has 1 aromatic carbocycles. The average molecular weight is 344 g/mol. The fourth-order valence-electron chi connectivity index (χ4n) is 2.90. The van der Waals surface area contributed by atoms with Crippen molar-refractivity contribution in [2.75, 3.05) is 32.7 Å². The van der Waals surface area contributed by atoms with E-state index in [-0.39, 0.29) is 0 Å². The number of aromatic nitrogens is 1. The molecule has 0 unspecified atom stereocenters. The third-order valence-electron chi connectivity index (χ3n) is 4.25. The van der Waals surface area contributed by atoms with Gasteiger partial charge in [0.05, 0.1) is 5.69 Å². The highest BCUT2D eigenvalue weighted by molar-refractivity contribution is 7.80. The van der Waals surface area contributed by atoms with Crippen molar-refractivity contribution >= 4 is 17.3 Å². The van der Waals surface area contributed by atoms with Crippen LogP contribution in [0.5, 0.6) is 0 Å². The summed E-state index contributed by atoms with van der Waals surface area (Å²) in [6.07, 6.45) is 0.993. The molecule has 0 radical (unpaired) electrons. The van der Waals surface area contributed by atoms with Crippen LogP contribution in [-0.4, -0.2) is 52.8 Å². The summed E-state index contributed by atoms with van der Waals surface area (Å²) in [5, 5.41) is 8.31. The van der Waals surface area contributed by atoms with E-state index >= 15 is 0 Å². The molecule has 0 spiro atoms. The van der Waals surface area contributed by atoms with Crippen LogP contribution in [0, 0.1) is 6.92 Å². The maximum absolute atomic E-state index is 5.53. The SMILES string of the molecule is Cc1cc(CN2CCN(C(=S)NCCc3ccccc3)CC2)no1. The van der Waals surface area contributed by atoms with Crippen molar-refractivity contribution in [2.45, 2.75) is 19.9 Å². The third-order valence-corrected chi connectivity index (χ3v) is 4.66. The first-order chi connectivity index (χ1) is 11.7. The summed E-state index contributed by atoms with van der Waals surface area (Å²) in [6.45, 7) is 7.54. The summed E-state index contributed by atoms with van der Waals surface area (Å²) in [5.41, 5.74) is 2.34. The molecule has 0 atom stereocenters. The van der Waals surface area contributed by atoms with E-state index in [0.29, 0.717) is 0 Å². The van der Waals surface area contributed by atoms with Gasteiger partial charge in [-0.05, 0) is 31.1 Å². The van der Waals surface area contributed by atoms with Crippen LogP contribution in [0.25, 0.3) is 0 Å². The molecule has 0 aliphatic carbocycles. The van der Waals surface area contributed by atoms with Crippen LogP contribution in [0.1, 0.15) is 17.0 Å². The van der Waals surface area contributed by atoms with E-state index in [1.165, 1.54) is 5.56 Å². The summed E-state index contributed by atoms with van der Waals surface area (Å²) in [6, 6.07) is 12.5. The molecule has 5 nitrogen and oxygen atoms in total. The fraction of sp³-hybridized carbons (Fsp3) is 0.444. The van der Waals surface area contributed by atoms with Gasteiger partial charge in [0.25, 0.3) is 0 Å². The number of hydrogen-bond donors (Lipinski definition) is 1. The molecule has 128 valence electrons. The standard InChI is InChI=1S/C18H24N4OS/c1-15-13-17(20-23-15)14-21-9-11-22(12-10-21)18(24)19-8-7-16-5-3-2-4-6-16/h2-6,13H,7-12,14H2,1H3,(H,19,24). The number of nitrogens with one attached hydrogen (secondary N) is 1. The van der Waals surface area contributed by atoms with Crippen LogP contribution in [-0.2, 0) is 13.0 Å². The Morgan fingerprint density at radius 3 is 2.62 bits per heavy atom. The van der Waals surface area contributed by atoms with Gasteiger partial charge in [0.15, 0.2) is 5.11 Å². The van der Waals surface area contributed by atoms with Crippen LogP contribution in [0.3, 0.4) is 0 Å². The van der Waals surface area contributed by atoms with Gasteiger partial charge in [-0.25, -0.2) is 0 Å². The van der Waals surface area contributed by atoms with Crippen molar-refractivity contribution in [2.24, 2.45) is 0 Å². The molecule has 1 saturated heterocycles. The Morgan fingerprint density at radius 2 is 1.96 bits per heavy atom. The lowest BCUT2D eigenvalue weighted by atomic mass is 10.1. The molecule has 2 aromatic rings.